The normalized spacial score (nSPS) is 14.4. The molecule has 2 atom stereocenters. The highest BCUT2D eigenvalue weighted by Gasteiger charge is 2.22. The van der Waals surface area contributed by atoms with E-state index in [-0.39, 0.29) is 6.04 Å². The van der Waals surface area contributed by atoms with Gasteiger partial charge in [0.15, 0.2) is 0 Å². The Hall–Kier alpha value is -0.160. The van der Waals surface area contributed by atoms with Crippen LogP contribution < -0.4 is 5.73 Å². The predicted molar refractivity (Wildman–Crippen MR) is 86.1 cm³/mol. The molecule has 0 saturated heterocycles. The summed E-state index contributed by atoms with van der Waals surface area (Å²) in [4.78, 5) is 0. The van der Waals surface area contributed by atoms with Crippen molar-refractivity contribution in [1.82, 2.24) is 0 Å². The Bertz CT molecular complexity index is 510. The largest absolute Gasteiger partial charge is 0.323 e. The number of hydrogen-bond acceptors (Lipinski definition) is 2. The van der Waals surface area contributed by atoms with E-state index in [1.807, 2.05) is 6.07 Å². The molecule has 1 aromatic carbocycles. The average molecular weight is 389 g/mol. The zero-order valence-corrected chi connectivity index (χ0v) is 14.1. The first kappa shape index (κ1) is 14.3. The lowest BCUT2D eigenvalue weighted by Crippen LogP contribution is -2.19. The third-order valence-corrected chi connectivity index (χ3v) is 5.53. The Morgan fingerprint density at radius 2 is 1.89 bits per heavy atom. The maximum absolute atomic E-state index is 6.45. The average Bonchev–Trinajstić information content (AvgIpc) is 2.70. The number of thiophene rings is 1. The molecule has 1 heterocycles. The Kier molecular flexibility index (Phi) is 5.01. The van der Waals surface area contributed by atoms with Crippen LogP contribution in [0, 0.1) is 0 Å². The Morgan fingerprint density at radius 3 is 2.39 bits per heavy atom. The van der Waals surface area contributed by atoms with Crippen LogP contribution in [0.15, 0.2) is 44.0 Å². The van der Waals surface area contributed by atoms with Crippen LogP contribution in [-0.4, -0.2) is 0 Å². The summed E-state index contributed by atoms with van der Waals surface area (Å²) in [7, 11) is 0. The van der Waals surface area contributed by atoms with Crippen molar-refractivity contribution in [1.29, 1.82) is 0 Å². The van der Waals surface area contributed by atoms with E-state index in [4.69, 9.17) is 5.73 Å². The second kappa shape index (κ2) is 6.33. The van der Waals surface area contributed by atoms with Crippen molar-refractivity contribution >= 4 is 43.2 Å². The molecule has 0 aliphatic carbocycles. The summed E-state index contributed by atoms with van der Waals surface area (Å²) >= 11 is 8.78. The lowest BCUT2D eigenvalue weighted by molar-refractivity contribution is 0.539. The minimum Gasteiger partial charge on any atom is -0.323 e. The van der Waals surface area contributed by atoms with Crippen LogP contribution in [0.1, 0.15) is 36.4 Å². The molecule has 0 aliphatic rings. The summed E-state index contributed by atoms with van der Waals surface area (Å²) in [6, 6.07) is 12.6. The van der Waals surface area contributed by atoms with Gasteiger partial charge in [-0.1, -0.05) is 37.3 Å². The summed E-state index contributed by atoms with van der Waals surface area (Å²) in [6.07, 6.45) is 1.03. The summed E-state index contributed by atoms with van der Waals surface area (Å²) < 4.78 is 2.24. The van der Waals surface area contributed by atoms with E-state index >= 15 is 0 Å². The SMILES string of the molecule is CCC(c1ccccc1)C(N)c1cc(Br)sc1Br. The van der Waals surface area contributed by atoms with E-state index in [0.717, 1.165) is 14.0 Å². The van der Waals surface area contributed by atoms with Crippen molar-refractivity contribution < 1.29 is 0 Å². The molecular formula is C14H15Br2NS. The minimum absolute atomic E-state index is 0.0225. The summed E-state index contributed by atoms with van der Waals surface area (Å²) in [6.45, 7) is 2.19. The molecule has 1 aromatic heterocycles. The molecule has 0 fully saturated rings. The fourth-order valence-corrected chi connectivity index (χ4v) is 5.15. The highest BCUT2D eigenvalue weighted by atomic mass is 79.9. The quantitative estimate of drug-likeness (QED) is 0.738. The molecule has 96 valence electrons. The van der Waals surface area contributed by atoms with Crippen molar-refractivity contribution in [3.8, 4) is 0 Å². The molecule has 1 nitrogen and oxygen atoms in total. The first-order valence-electron chi connectivity index (χ1n) is 5.88. The molecule has 2 N–H and O–H groups in total. The van der Waals surface area contributed by atoms with Gasteiger partial charge in [0.25, 0.3) is 0 Å². The van der Waals surface area contributed by atoms with E-state index in [2.05, 4.69) is 69.1 Å². The zero-order valence-electron chi connectivity index (χ0n) is 10.1. The van der Waals surface area contributed by atoms with Gasteiger partial charge in [-0.25, -0.2) is 0 Å². The van der Waals surface area contributed by atoms with Gasteiger partial charge in [-0.15, -0.1) is 11.3 Å². The number of hydrogen-bond donors (Lipinski definition) is 1. The number of rotatable bonds is 4. The first-order valence-corrected chi connectivity index (χ1v) is 8.29. The van der Waals surface area contributed by atoms with Crippen molar-refractivity contribution in [2.24, 2.45) is 5.73 Å². The highest BCUT2D eigenvalue weighted by molar-refractivity contribution is 9.12. The van der Waals surface area contributed by atoms with Crippen LogP contribution in [0.5, 0.6) is 0 Å². The van der Waals surface area contributed by atoms with Gasteiger partial charge in [-0.2, -0.15) is 0 Å². The molecule has 2 unspecified atom stereocenters. The first-order chi connectivity index (χ1) is 8.63. The van der Waals surface area contributed by atoms with E-state index < -0.39 is 0 Å². The Balaban J connectivity index is 2.31. The maximum Gasteiger partial charge on any atom is 0.0758 e. The van der Waals surface area contributed by atoms with Gasteiger partial charge in [-0.3, -0.25) is 0 Å². The van der Waals surface area contributed by atoms with Gasteiger partial charge in [0.1, 0.15) is 0 Å². The van der Waals surface area contributed by atoms with E-state index in [1.54, 1.807) is 11.3 Å². The smallest absolute Gasteiger partial charge is 0.0758 e. The third kappa shape index (κ3) is 3.05. The summed E-state index contributed by atoms with van der Waals surface area (Å²) in [5, 5.41) is 0. The minimum atomic E-state index is 0.0225. The van der Waals surface area contributed by atoms with Gasteiger partial charge in [-0.05, 0) is 55.5 Å². The van der Waals surface area contributed by atoms with Crippen LogP contribution in [-0.2, 0) is 0 Å². The predicted octanol–water partition coefficient (Wildman–Crippen LogP) is 5.47. The number of benzene rings is 1. The van der Waals surface area contributed by atoms with Crippen molar-refractivity contribution in [3.05, 3.63) is 55.1 Å². The van der Waals surface area contributed by atoms with Crippen LogP contribution in [0.2, 0.25) is 0 Å². The molecule has 0 aliphatic heterocycles. The molecule has 0 spiro atoms. The van der Waals surface area contributed by atoms with Crippen molar-refractivity contribution in [3.63, 3.8) is 0 Å². The third-order valence-electron chi connectivity index (χ3n) is 3.14. The summed E-state index contributed by atoms with van der Waals surface area (Å²) in [5.74, 6) is 0.351. The van der Waals surface area contributed by atoms with Gasteiger partial charge >= 0.3 is 0 Å². The van der Waals surface area contributed by atoms with Crippen LogP contribution in [0.25, 0.3) is 0 Å². The molecule has 4 heteroatoms. The Labute approximate surface area is 129 Å². The summed E-state index contributed by atoms with van der Waals surface area (Å²) in [5.41, 5.74) is 8.94. The van der Waals surface area contributed by atoms with E-state index in [9.17, 15) is 0 Å². The molecule has 0 saturated carbocycles. The lowest BCUT2D eigenvalue weighted by atomic mass is 9.87. The standard InChI is InChI=1S/C14H15Br2NS/c1-2-10(9-6-4-3-5-7-9)13(17)11-8-12(15)18-14(11)16/h3-8,10,13H,2,17H2,1H3. The van der Waals surface area contributed by atoms with Gasteiger partial charge in [0, 0.05) is 12.0 Å². The number of nitrogens with two attached hydrogens (primary N) is 1. The van der Waals surface area contributed by atoms with Gasteiger partial charge < -0.3 is 5.73 Å². The second-order valence-corrected chi connectivity index (χ2v) is 7.98. The molecule has 2 aromatic rings. The molecular weight excluding hydrogens is 374 g/mol. The monoisotopic (exact) mass is 387 g/mol. The molecule has 0 bridgehead atoms. The lowest BCUT2D eigenvalue weighted by Gasteiger charge is -2.23. The molecule has 0 radical (unpaired) electrons. The Morgan fingerprint density at radius 1 is 1.22 bits per heavy atom. The second-order valence-electron chi connectivity index (χ2n) is 4.23. The van der Waals surface area contributed by atoms with Gasteiger partial charge in [0.05, 0.1) is 7.57 Å². The van der Waals surface area contributed by atoms with E-state index in [0.29, 0.717) is 5.92 Å². The highest BCUT2D eigenvalue weighted by Crippen LogP contribution is 2.40. The fraction of sp³-hybridized carbons (Fsp3) is 0.286. The molecule has 0 amide bonds. The van der Waals surface area contributed by atoms with Crippen molar-refractivity contribution in [2.45, 2.75) is 25.3 Å². The molecule has 18 heavy (non-hydrogen) atoms. The number of halogens is 2. The van der Waals surface area contributed by atoms with Crippen LogP contribution in [0.4, 0.5) is 0 Å². The van der Waals surface area contributed by atoms with Crippen molar-refractivity contribution in [2.75, 3.05) is 0 Å². The zero-order chi connectivity index (χ0) is 13.1. The molecule has 2 rings (SSSR count). The van der Waals surface area contributed by atoms with Gasteiger partial charge in [0.2, 0.25) is 0 Å². The van der Waals surface area contributed by atoms with E-state index in [1.165, 1.54) is 11.1 Å². The topological polar surface area (TPSA) is 26.0 Å². The van der Waals surface area contributed by atoms with Crippen LogP contribution >= 0.6 is 43.2 Å². The van der Waals surface area contributed by atoms with Crippen LogP contribution in [0.3, 0.4) is 0 Å². The fourth-order valence-electron chi connectivity index (χ4n) is 2.19. The maximum atomic E-state index is 6.45.